The number of nitrogens with zero attached hydrogens (tertiary/aromatic N) is 2. The fourth-order valence-corrected chi connectivity index (χ4v) is 3.06. The summed E-state index contributed by atoms with van der Waals surface area (Å²) in [5.41, 5.74) is 2.87. The predicted molar refractivity (Wildman–Crippen MR) is 102 cm³/mol. The highest BCUT2D eigenvalue weighted by Crippen LogP contribution is 2.27. The van der Waals surface area contributed by atoms with Crippen molar-refractivity contribution < 1.29 is 9.13 Å². The average molecular weight is 365 g/mol. The minimum absolute atomic E-state index is 0.306. The largest absolute Gasteiger partial charge is 0.494 e. The van der Waals surface area contributed by atoms with Crippen LogP contribution in [0.15, 0.2) is 60.1 Å². The Kier molecular flexibility index (Phi) is 5.62. The van der Waals surface area contributed by atoms with Crippen LogP contribution >= 0.6 is 11.3 Å². The van der Waals surface area contributed by atoms with E-state index in [2.05, 4.69) is 16.4 Å². The Bertz CT molecular complexity index is 940. The lowest BCUT2D eigenvalue weighted by atomic mass is 10.2. The fraction of sp³-hybridized carbons (Fsp3) is 0.100. The van der Waals surface area contributed by atoms with E-state index in [-0.39, 0.29) is 5.82 Å². The number of hydrogen-bond acceptors (Lipinski definition) is 5. The van der Waals surface area contributed by atoms with Crippen molar-refractivity contribution in [3.05, 3.63) is 70.9 Å². The lowest BCUT2D eigenvalue weighted by Crippen LogP contribution is -1.91. The number of hydrogen-bond donors (Lipinski definition) is 1. The van der Waals surface area contributed by atoms with Crippen molar-refractivity contribution in [3.63, 3.8) is 0 Å². The number of nitriles is 1. The second-order valence-electron chi connectivity index (χ2n) is 5.32. The van der Waals surface area contributed by atoms with Gasteiger partial charge >= 0.3 is 0 Å². The van der Waals surface area contributed by atoms with Crippen LogP contribution in [-0.2, 0) is 0 Å². The van der Waals surface area contributed by atoms with Gasteiger partial charge in [-0.3, -0.25) is 0 Å². The monoisotopic (exact) mass is 365 g/mol. The van der Waals surface area contributed by atoms with Crippen molar-refractivity contribution >= 4 is 22.6 Å². The second-order valence-corrected chi connectivity index (χ2v) is 6.17. The molecule has 3 aromatic rings. The lowest BCUT2D eigenvalue weighted by Gasteiger charge is -2.03. The molecule has 1 heterocycles. The van der Waals surface area contributed by atoms with Crippen LogP contribution in [0.25, 0.3) is 16.8 Å². The number of rotatable bonds is 6. The molecule has 0 fully saturated rings. The van der Waals surface area contributed by atoms with Gasteiger partial charge in [-0.15, -0.1) is 11.3 Å². The Morgan fingerprint density at radius 2 is 1.96 bits per heavy atom. The van der Waals surface area contributed by atoms with E-state index < -0.39 is 0 Å². The average Bonchev–Trinajstić information content (AvgIpc) is 3.15. The summed E-state index contributed by atoms with van der Waals surface area (Å²) in [6, 6.07) is 15.7. The van der Waals surface area contributed by atoms with Crippen molar-refractivity contribution in [2.24, 2.45) is 0 Å². The van der Waals surface area contributed by atoms with Crippen LogP contribution < -0.4 is 10.1 Å². The quantitative estimate of drug-likeness (QED) is 0.600. The van der Waals surface area contributed by atoms with E-state index in [0.29, 0.717) is 22.9 Å². The zero-order valence-electron chi connectivity index (χ0n) is 14.1. The molecule has 0 aliphatic carbocycles. The third kappa shape index (κ3) is 4.26. The Labute approximate surface area is 155 Å². The molecular formula is C20H16FN3OS. The molecule has 0 unspecified atom stereocenters. The third-order valence-electron chi connectivity index (χ3n) is 3.54. The van der Waals surface area contributed by atoms with E-state index in [1.165, 1.54) is 23.5 Å². The molecule has 0 aliphatic rings. The smallest absolute Gasteiger partial charge is 0.136 e. The minimum atomic E-state index is -0.306. The van der Waals surface area contributed by atoms with Gasteiger partial charge < -0.3 is 10.1 Å². The molecule has 2 aromatic carbocycles. The predicted octanol–water partition coefficient (Wildman–Crippen LogP) is 5.32. The highest BCUT2D eigenvalue weighted by molar-refractivity contribution is 7.11. The van der Waals surface area contributed by atoms with Gasteiger partial charge in [-0.2, -0.15) is 5.26 Å². The molecule has 0 atom stereocenters. The van der Waals surface area contributed by atoms with Gasteiger partial charge in [0.1, 0.15) is 28.2 Å². The molecule has 0 amide bonds. The van der Waals surface area contributed by atoms with E-state index >= 15 is 0 Å². The summed E-state index contributed by atoms with van der Waals surface area (Å²) in [6.07, 6.45) is 1.58. The summed E-state index contributed by atoms with van der Waals surface area (Å²) in [5, 5.41) is 14.9. The van der Waals surface area contributed by atoms with Crippen LogP contribution in [0.4, 0.5) is 10.1 Å². The number of allylic oxidation sites excluding steroid dienone is 1. The van der Waals surface area contributed by atoms with Gasteiger partial charge in [-0.25, -0.2) is 9.37 Å². The topological polar surface area (TPSA) is 57.9 Å². The van der Waals surface area contributed by atoms with Crippen LogP contribution in [0.1, 0.15) is 11.9 Å². The van der Waals surface area contributed by atoms with Gasteiger partial charge in [0, 0.05) is 22.8 Å². The zero-order valence-corrected chi connectivity index (χ0v) is 14.9. The molecule has 0 radical (unpaired) electrons. The zero-order chi connectivity index (χ0) is 18.4. The Balaban J connectivity index is 1.77. The number of nitrogens with one attached hydrogen (secondary N) is 1. The summed E-state index contributed by atoms with van der Waals surface area (Å²) in [5.74, 6) is 0.507. The molecule has 0 spiro atoms. The third-order valence-corrected chi connectivity index (χ3v) is 4.42. The number of benzene rings is 2. The normalized spacial score (nSPS) is 11.0. The van der Waals surface area contributed by atoms with Crippen LogP contribution in [0.3, 0.4) is 0 Å². The number of halogens is 1. The number of anilines is 1. The maximum atomic E-state index is 12.9. The van der Waals surface area contributed by atoms with Crippen molar-refractivity contribution in [1.29, 1.82) is 5.26 Å². The lowest BCUT2D eigenvalue weighted by molar-refractivity contribution is 0.340. The molecule has 3 rings (SSSR count). The molecule has 0 bridgehead atoms. The molecule has 4 nitrogen and oxygen atoms in total. The molecular weight excluding hydrogens is 349 g/mol. The first-order valence-corrected chi connectivity index (χ1v) is 8.89. The van der Waals surface area contributed by atoms with Crippen LogP contribution in [0, 0.1) is 17.1 Å². The van der Waals surface area contributed by atoms with Gasteiger partial charge in [-0.1, -0.05) is 0 Å². The maximum Gasteiger partial charge on any atom is 0.136 e. The van der Waals surface area contributed by atoms with E-state index in [4.69, 9.17) is 4.74 Å². The summed E-state index contributed by atoms with van der Waals surface area (Å²) in [6.45, 7) is 2.56. The summed E-state index contributed by atoms with van der Waals surface area (Å²) in [7, 11) is 0. The molecule has 0 saturated carbocycles. The van der Waals surface area contributed by atoms with E-state index in [1.54, 1.807) is 18.3 Å². The van der Waals surface area contributed by atoms with Gasteiger partial charge in [0.15, 0.2) is 0 Å². The van der Waals surface area contributed by atoms with Crippen molar-refractivity contribution in [1.82, 2.24) is 4.98 Å². The second kappa shape index (κ2) is 8.28. The minimum Gasteiger partial charge on any atom is -0.494 e. The SMILES string of the molecule is CCOc1ccc(-c2csc(/C(C#N)=C\Nc3ccc(F)cc3)n2)cc1. The highest BCUT2D eigenvalue weighted by atomic mass is 32.1. The maximum absolute atomic E-state index is 12.9. The van der Waals surface area contributed by atoms with Gasteiger partial charge in [-0.05, 0) is 55.5 Å². The van der Waals surface area contributed by atoms with Gasteiger partial charge in [0.05, 0.1) is 12.3 Å². The van der Waals surface area contributed by atoms with E-state index in [1.807, 2.05) is 36.6 Å². The van der Waals surface area contributed by atoms with Crippen molar-refractivity contribution in [3.8, 4) is 23.1 Å². The first-order chi connectivity index (χ1) is 12.7. The van der Waals surface area contributed by atoms with Gasteiger partial charge in [0.2, 0.25) is 0 Å². The van der Waals surface area contributed by atoms with Crippen LogP contribution in [0.5, 0.6) is 5.75 Å². The van der Waals surface area contributed by atoms with E-state index in [0.717, 1.165) is 17.0 Å². The molecule has 0 aliphatic heterocycles. The first kappa shape index (κ1) is 17.6. The molecule has 130 valence electrons. The highest BCUT2D eigenvalue weighted by Gasteiger charge is 2.09. The number of aromatic nitrogens is 1. The first-order valence-electron chi connectivity index (χ1n) is 8.01. The van der Waals surface area contributed by atoms with Crippen LogP contribution in [-0.4, -0.2) is 11.6 Å². The molecule has 6 heteroatoms. The molecule has 1 N–H and O–H groups in total. The fourth-order valence-electron chi connectivity index (χ4n) is 2.26. The van der Waals surface area contributed by atoms with Crippen molar-refractivity contribution in [2.45, 2.75) is 6.92 Å². The number of thiazole rings is 1. The van der Waals surface area contributed by atoms with Crippen LogP contribution in [0.2, 0.25) is 0 Å². The standard InChI is InChI=1S/C20H16FN3OS/c1-2-25-18-9-3-14(4-10-18)19-13-26-20(24-19)15(11-22)12-23-17-7-5-16(21)6-8-17/h3-10,12-13,23H,2H2,1H3/b15-12-. The number of ether oxygens (including phenoxy) is 1. The van der Waals surface area contributed by atoms with E-state index in [9.17, 15) is 9.65 Å². The molecule has 1 aromatic heterocycles. The molecule has 0 saturated heterocycles. The Hall–Kier alpha value is -3.17. The molecule has 26 heavy (non-hydrogen) atoms. The Morgan fingerprint density at radius 1 is 1.23 bits per heavy atom. The summed E-state index contributed by atoms with van der Waals surface area (Å²) in [4.78, 5) is 4.54. The van der Waals surface area contributed by atoms with Crippen molar-refractivity contribution in [2.75, 3.05) is 11.9 Å². The summed E-state index contributed by atoms with van der Waals surface area (Å²) < 4.78 is 18.4. The summed E-state index contributed by atoms with van der Waals surface area (Å²) >= 11 is 1.40. The Morgan fingerprint density at radius 3 is 2.62 bits per heavy atom. The van der Waals surface area contributed by atoms with Gasteiger partial charge in [0.25, 0.3) is 0 Å².